The molecule has 0 unspecified atom stereocenters. The summed E-state index contributed by atoms with van der Waals surface area (Å²) in [6, 6.07) is 18.4. The third-order valence-corrected chi connectivity index (χ3v) is 4.79. The van der Waals surface area contributed by atoms with Crippen molar-refractivity contribution < 1.29 is 21.2 Å². The maximum atomic E-state index is 8.81. The molecule has 2 aromatic carbocycles. The third kappa shape index (κ3) is 7.35. The van der Waals surface area contributed by atoms with Gasteiger partial charge in [-0.25, -0.2) is 9.97 Å². The molecule has 0 spiro atoms. The van der Waals surface area contributed by atoms with Crippen molar-refractivity contribution in [2.75, 3.05) is 19.0 Å². The number of hydrogen-bond donors (Lipinski definition) is 1. The fourth-order valence-corrected chi connectivity index (χ4v) is 3.02. The Labute approximate surface area is 191 Å². The Morgan fingerprint density at radius 1 is 0.969 bits per heavy atom. The van der Waals surface area contributed by atoms with E-state index < -0.39 is 0 Å². The summed E-state index contributed by atoms with van der Waals surface area (Å²) in [5.41, 5.74) is 3.18. The predicted molar refractivity (Wildman–Crippen MR) is 130 cm³/mol. The first-order chi connectivity index (χ1) is 14.9. The van der Waals surface area contributed by atoms with E-state index in [9.17, 15) is 0 Å². The van der Waals surface area contributed by atoms with E-state index in [2.05, 4.69) is 53.4 Å². The lowest BCUT2D eigenvalue weighted by molar-refractivity contribution is -0.106. The van der Waals surface area contributed by atoms with Crippen molar-refractivity contribution in [3.05, 3.63) is 77.6 Å². The molecule has 7 nitrogen and oxygen atoms in total. The molecule has 3 N–H and O–H groups in total. The van der Waals surface area contributed by atoms with Gasteiger partial charge in [-0.2, -0.15) is 0 Å². The molecule has 0 amide bonds. The van der Waals surface area contributed by atoms with Crippen LogP contribution in [-0.4, -0.2) is 35.4 Å². The molecule has 3 aromatic rings. The van der Waals surface area contributed by atoms with Crippen molar-refractivity contribution in [2.24, 2.45) is 0 Å². The Kier molecular flexibility index (Phi) is 10.9. The van der Waals surface area contributed by atoms with E-state index in [-0.39, 0.29) is 12.3 Å². The van der Waals surface area contributed by atoms with Crippen LogP contribution in [-0.2, 0) is 16.8 Å². The van der Waals surface area contributed by atoms with Gasteiger partial charge < -0.3 is 25.1 Å². The van der Waals surface area contributed by atoms with Crippen molar-refractivity contribution in [2.45, 2.75) is 39.7 Å². The molecule has 174 valence electrons. The highest BCUT2D eigenvalue weighted by molar-refractivity contribution is 5.44. The van der Waals surface area contributed by atoms with Crippen molar-refractivity contribution >= 4 is 12.2 Å². The second kappa shape index (κ2) is 13.1. The van der Waals surface area contributed by atoms with Gasteiger partial charge in [-0.15, -0.1) is 0 Å². The SMILES string of the molecule is CC=O.CCOc1ccc(C(C)(C)c2ccc(OCc3ccnc(NC)n3)cc2)cc1.O.[HH]. The minimum Gasteiger partial charge on any atom is -0.494 e. The lowest BCUT2D eigenvalue weighted by Gasteiger charge is -2.26. The average Bonchev–Trinajstić information content (AvgIpc) is 2.79. The van der Waals surface area contributed by atoms with Gasteiger partial charge in [-0.3, -0.25) is 0 Å². The summed E-state index contributed by atoms with van der Waals surface area (Å²) in [7, 11) is 1.80. The fourth-order valence-electron chi connectivity index (χ4n) is 3.02. The molecule has 0 atom stereocenters. The summed E-state index contributed by atoms with van der Waals surface area (Å²) in [6.07, 6.45) is 2.47. The molecule has 0 aliphatic heterocycles. The van der Waals surface area contributed by atoms with Crippen LogP contribution in [0.4, 0.5) is 5.95 Å². The fraction of sp³-hybridized carbons (Fsp3) is 0.320. The van der Waals surface area contributed by atoms with Gasteiger partial charge in [0.25, 0.3) is 0 Å². The zero-order chi connectivity index (χ0) is 22.7. The maximum absolute atomic E-state index is 8.81. The molecular weight excluding hydrogens is 406 g/mol. The number of carbonyl (C=O) groups excluding carboxylic acids is 1. The summed E-state index contributed by atoms with van der Waals surface area (Å²) in [5, 5.41) is 2.93. The molecule has 0 aliphatic carbocycles. The lowest BCUT2D eigenvalue weighted by atomic mass is 9.78. The Morgan fingerprint density at radius 2 is 1.47 bits per heavy atom. The van der Waals surface area contributed by atoms with Crippen molar-refractivity contribution in [3.8, 4) is 11.5 Å². The Morgan fingerprint density at radius 3 is 1.94 bits per heavy atom. The molecule has 0 fully saturated rings. The van der Waals surface area contributed by atoms with Gasteiger partial charge in [-0.1, -0.05) is 38.1 Å². The largest absolute Gasteiger partial charge is 0.494 e. The first-order valence-electron chi connectivity index (χ1n) is 10.3. The molecule has 0 radical (unpaired) electrons. The number of benzene rings is 2. The van der Waals surface area contributed by atoms with Crippen LogP contribution in [0.15, 0.2) is 60.8 Å². The normalized spacial score (nSPS) is 10.2. The number of ether oxygens (including phenoxy) is 2. The number of anilines is 1. The number of rotatable bonds is 8. The van der Waals surface area contributed by atoms with Gasteiger partial charge >= 0.3 is 0 Å². The molecule has 3 rings (SSSR count). The molecule has 1 aromatic heterocycles. The molecule has 7 heteroatoms. The summed E-state index contributed by atoms with van der Waals surface area (Å²) in [4.78, 5) is 17.3. The van der Waals surface area contributed by atoms with Crippen LogP contribution < -0.4 is 14.8 Å². The number of aromatic nitrogens is 2. The van der Waals surface area contributed by atoms with Gasteiger partial charge in [0.1, 0.15) is 24.4 Å². The van der Waals surface area contributed by atoms with Crippen LogP contribution in [0.3, 0.4) is 0 Å². The smallest absolute Gasteiger partial charge is 0.222 e. The standard InChI is InChI=1S/C23H27N3O2.C2H4O.H2O.H2/c1-5-27-20-10-6-17(7-11-20)23(2,3)18-8-12-21(13-9-18)28-16-19-14-15-25-22(24-4)26-19;1-2-3;;/h6-15H,5,16H2,1-4H3,(H,24,25,26);2H,1H3;1H2;1H. The second-order valence-corrected chi connectivity index (χ2v) is 7.25. The number of nitrogens with one attached hydrogen (secondary N) is 1. The van der Waals surface area contributed by atoms with Crippen LogP contribution in [0, 0.1) is 0 Å². The van der Waals surface area contributed by atoms with Crippen molar-refractivity contribution in [3.63, 3.8) is 0 Å². The van der Waals surface area contributed by atoms with Crippen LogP contribution in [0.1, 0.15) is 45.9 Å². The lowest BCUT2D eigenvalue weighted by Crippen LogP contribution is -2.18. The van der Waals surface area contributed by atoms with E-state index in [4.69, 9.17) is 14.3 Å². The van der Waals surface area contributed by atoms with E-state index in [1.165, 1.54) is 18.1 Å². The van der Waals surface area contributed by atoms with Gasteiger partial charge in [0.15, 0.2) is 0 Å². The number of aldehydes is 1. The highest BCUT2D eigenvalue weighted by Crippen LogP contribution is 2.33. The second-order valence-electron chi connectivity index (χ2n) is 7.25. The summed E-state index contributed by atoms with van der Waals surface area (Å²) in [5.74, 6) is 2.31. The minimum absolute atomic E-state index is 0. The number of nitrogens with zero attached hydrogens (tertiary/aromatic N) is 2. The molecule has 0 saturated heterocycles. The zero-order valence-corrected chi connectivity index (χ0v) is 19.4. The van der Waals surface area contributed by atoms with Crippen molar-refractivity contribution in [1.82, 2.24) is 9.97 Å². The van der Waals surface area contributed by atoms with Crippen LogP contribution >= 0.6 is 0 Å². The summed E-state index contributed by atoms with van der Waals surface area (Å²) >= 11 is 0. The highest BCUT2D eigenvalue weighted by atomic mass is 16.5. The molecule has 32 heavy (non-hydrogen) atoms. The van der Waals surface area contributed by atoms with E-state index >= 15 is 0 Å². The first kappa shape index (κ1) is 26.6. The van der Waals surface area contributed by atoms with Crippen LogP contribution in [0.2, 0.25) is 0 Å². The average molecular weight is 442 g/mol. The van der Waals surface area contributed by atoms with E-state index in [0.717, 1.165) is 23.5 Å². The van der Waals surface area contributed by atoms with Gasteiger partial charge in [-0.05, 0) is 55.3 Å². The zero-order valence-electron chi connectivity index (χ0n) is 19.4. The van der Waals surface area contributed by atoms with E-state index in [1.54, 1.807) is 13.2 Å². The van der Waals surface area contributed by atoms with Gasteiger partial charge in [0.05, 0.1) is 12.3 Å². The summed E-state index contributed by atoms with van der Waals surface area (Å²) in [6.45, 7) is 8.96. The highest BCUT2D eigenvalue weighted by Gasteiger charge is 2.23. The van der Waals surface area contributed by atoms with Crippen molar-refractivity contribution in [1.29, 1.82) is 0 Å². The Bertz CT molecular complexity index is 949. The Hall–Kier alpha value is -3.45. The topological polar surface area (TPSA) is 105 Å². The summed E-state index contributed by atoms with van der Waals surface area (Å²) < 4.78 is 11.4. The minimum atomic E-state index is -0.113. The maximum Gasteiger partial charge on any atom is 0.222 e. The van der Waals surface area contributed by atoms with Gasteiger partial charge in [0.2, 0.25) is 5.95 Å². The van der Waals surface area contributed by atoms with Crippen LogP contribution in [0.5, 0.6) is 11.5 Å². The molecule has 0 saturated carbocycles. The monoisotopic (exact) mass is 441 g/mol. The number of hydrogen-bond acceptors (Lipinski definition) is 6. The third-order valence-electron chi connectivity index (χ3n) is 4.79. The van der Waals surface area contributed by atoms with E-state index in [0.29, 0.717) is 19.2 Å². The van der Waals surface area contributed by atoms with E-state index in [1.807, 2.05) is 37.3 Å². The quantitative estimate of drug-likeness (QED) is 0.518. The first-order valence-corrected chi connectivity index (χ1v) is 10.3. The molecule has 0 aliphatic rings. The predicted octanol–water partition coefficient (Wildman–Crippen LogP) is 4.45. The molecule has 1 heterocycles. The molecular formula is C25H35N3O4. The number of carbonyl (C=O) groups is 1. The Balaban J connectivity index is 0.00000194. The van der Waals surface area contributed by atoms with Gasteiger partial charge in [0, 0.05) is 20.1 Å². The molecule has 0 bridgehead atoms. The van der Waals surface area contributed by atoms with Crippen LogP contribution in [0.25, 0.3) is 0 Å².